The van der Waals surface area contributed by atoms with Crippen LogP contribution in [0.25, 0.3) is 0 Å². The molecule has 0 aliphatic carbocycles. The Morgan fingerprint density at radius 1 is 1.14 bits per heavy atom. The molecule has 3 heterocycles. The van der Waals surface area contributed by atoms with Crippen LogP contribution in [0, 0.1) is 6.92 Å². The number of nitrogens with one attached hydrogen (secondary N) is 1. The zero-order chi connectivity index (χ0) is 20.0. The normalized spacial score (nSPS) is 21.6. The Hall–Kier alpha value is -3.23. The first-order valence-corrected chi connectivity index (χ1v) is 9.26. The molecule has 0 aromatic heterocycles. The fraction of sp³-hybridized carbons (Fsp3) is 0.421. The standard InChI is InChI=1S/C19H24N7O2/c1-12-5-7-14(8-6-12)20-9-10-26-18-21-16-15(25(18)11-13(2)22-26)17(27)24(4)19(28)23(16)3/h5-8,15,20H,9-11H2,1-4H3/q+1. The number of rotatable bonds is 4. The molecule has 146 valence electrons. The van der Waals surface area contributed by atoms with E-state index < -0.39 is 6.04 Å². The lowest BCUT2D eigenvalue weighted by Crippen LogP contribution is -2.62. The van der Waals surface area contributed by atoms with E-state index in [0.717, 1.165) is 16.3 Å². The molecule has 3 amide bonds. The van der Waals surface area contributed by atoms with Gasteiger partial charge >= 0.3 is 12.0 Å². The van der Waals surface area contributed by atoms with E-state index in [1.165, 1.54) is 17.5 Å². The predicted molar refractivity (Wildman–Crippen MR) is 107 cm³/mol. The largest absolute Gasteiger partial charge is 0.416 e. The summed E-state index contributed by atoms with van der Waals surface area (Å²) in [5, 5.41) is 9.79. The van der Waals surface area contributed by atoms with E-state index in [2.05, 4.69) is 34.5 Å². The van der Waals surface area contributed by atoms with E-state index in [4.69, 9.17) is 0 Å². The van der Waals surface area contributed by atoms with E-state index in [0.29, 0.717) is 31.4 Å². The number of carbonyl (C=O) groups excluding carboxylic acids is 2. The van der Waals surface area contributed by atoms with Crippen molar-refractivity contribution >= 4 is 35.1 Å². The van der Waals surface area contributed by atoms with Gasteiger partial charge in [-0.2, -0.15) is 0 Å². The Bertz CT molecular complexity index is 932. The lowest BCUT2D eigenvalue weighted by Gasteiger charge is -2.32. The van der Waals surface area contributed by atoms with Crippen molar-refractivity contribution in [2.45, 2.75) is 19.9 Å². The summed E-state index contributed by atoms with van der Waals surface area (Å²) in [5.41, 5.74) is 3.15. The highest BCUT2D eigenvalue weighted by Gasteiger charge is 2.53. The lowest BCUT2D eigenvalue weighted by atomic mass is 10.1. The molecule has 1 aromatic rings. The maximum Gasteiger partial charge on any atom is 0.416 e. The minimum atomic E-state index is -0.583. The Morgan fingerprint density at radius 3 is 2.57 bits per heavy atom. The number of aryl methyl sites for hydroxylation is 1. The number of amidine groups is 1. The van der Waals surface area contributed by atoms with Crippen molar-refractivity contribution in [3.05, 3.63) is 29.8 Å². The number of likely N-dealkylation sites (N-methyl/N-ethyl adjacent to an activating group) is 2. The van der Waals surface area contributed by atoms with Gasteiger partial charge in [-0.05, 0) is 26.0 Å². The maximum atomic E-state index is 12.7. The van der Waals surface area contributed by atoms with Gasteiger partial charge in [-0.15, -0.1) is 10.1 Å². The summed E-state index contributed by atoms with van der Waals surface area (Å²) in [6.07, 6.45) is 0. The highest BCUT2D eigenvalue weighted by atomic mass is 16.2. The van der Waals surface area contributed by atoms with Crippen LogP contribution in [0.3, 0.4) is 0 Å². The molecule has 1 fully saturated rings. The SMILES string of the molecule is CC1=NN(CCNc2ccc(C)cc2)C2=[N+](C1)C1C(=O)N(C)C(=O)N(C)C1=N2. The summed E-state index contributed by atoms with van der Waals surface area (Å²) < 4.78 is 1.92. The quantitative estimate of drug-likeness (QED) is 0.780. The first-order chi connectivity index (χ1) is 13.4. The van der Waals surface area contributed by atoms with Crippen molar-refractivity contribution in [3.63, 3.8) is 0 Å². The van der Waals surface area contributed by atoms with E-state index in [9.17, 15) is 9.59 Å². The molecule has 0 bridgehead atoms. The van der Waals surface area contributed by atoms with Gasteiger partial charge in [-0.1, -0.05) is 22.7 Å². The van der Waals surface area contributed by atoms with Crippen LogP contribution < -0.4 is 5.32 Å². The van der Waals surface area contributed by atoms with Gasteiger partial charge in [0.1, 0.15) is 13.1 Å². The monoisotopic (exact) mass is 382 g/mol. The molecule has 3 aliphatic rings. The van der Waals surface area contributed by atoms with Crippen molar-refractivity contribution in [2.75, 3.05) is 39.0 Å². The van der Waals surface area contributed by atoms with Crippen molar-refractivity contribution in [1.82, 2.24) is 14.8 Å². The van der Waals surface area contributed by atoms with E-state index in [1.54, 1.807) is 12.1 Å². The molecule has 1 unspecified atom stereocenters. The Morgan fingerprint density at radius 2 is 1.86 bits per heavy atom. The number of fused-ring (bicyclic) bond motifs is 2. The average Bonchev–Trinajstić information content (AvgIpc) is 3.06. The lowest BCUT2D eigenvalue weighted by molar-refractivity contribution is -0.527. The molecule has 9 nitrogen and oxygen atoms in total. The second-order valence-corrected chi connectivity index (χ2v) is 7.29. The number of benzene rings is 1. The van der Waals surface area contributed by atoms with Crippen molar-refractivity contribution < 1.29 is 14.2 Å². The highest BCUT2D eigenvalue weighted by Crippen LogP contribution is 2.22. The number of carbonyl (C=O) groups is 2. The second kappa shape index (κ2) is 6.74. The molecule has 28 heavy (non-hydrogen) atoms. The molecule has 1 atom stereocenters. The first kappa shape index (κ1) is 18.1. The van der Waals surface area contributed by atoms with E-state index >= 15 is 0 Å². The Labute approximate surface area is 163 Å². The smallest absolute Gasteiger partial charge is 0.382 e. The van der Waals surface area contributed by atoms with Crippen LogP contribution in [0.15, 0.2) is 34.4 Å². The third kappa shape index (κ3) is 2.92. The third-order valence-corrected chi connectivity index (χ3v) is 5.14. The van der Waals surface area contributed by atoms with Crippen LogP contribution in [0.5, 0.6) is 0 Å². The van der Waals surface area contributed by atoms with Crippen LogP contribution in [0.4, 0.5) is 10.5 Å². The molecule has 1 saturated heterocycles. The van der Waals surface area contributed by atoms with Gasteiger partial charge < -0.3 is 5.32 Å². The summed E-state index contributed by atoms with van der Waals surface area (Å²) in [4.78, 5) is 32.2. The first-order valence-electron chi connectivity index (χ1n) is 9.26. The average molecular weight is 382 g/mol. The predicted octanol–water partition coefficient (Wildman–Crippen LogP) is 0.771. The summed E-state index contributed by atoms with van der Waals surface area (Å²) in [6.45, 7) is 5.74. The number of hydrogen-bond donors (Lipinski definition) is 1. The fourth-order valence-corrected chi connectivity index (χ4v) is 3.61. The van der Waals surface area contributed by atoms with Crippen LogP contribution in [-0.4, -0.2) is 88.6 Å². The van der Waals surface area contributed by atoms with E-state index in [1.807, 2.05) is 23.6 Å². The number of imide groups is 1. The Balaban J connectivity index is 1.54. The number of amides is 3. The topological polar surface area (TPSA) is 83.6 Å². The molecule has 3 aliphatic heterocycles. The number of urea groups is 1. The minimum absolute atomic E-state index is 0.260. The molecule has 0 spiro atoms. The summed E-state index contributed by atoms with van der Waals surface area (Å²) in [6, 6.07) is 7.25. The number of aliphatic imine (C=N–C) groups is 1. The van der Waals surface area contributed by atoms with Gasteiger partial charge in [0.25, 0.3) is 5.91 Å². The van der Waals surface area contributed by atoms with Crippen LogP contribution >= 0.6 is 0 Å². The number of anilines is 1. The second-order valence-electron chi connectivity index (χ2n) is 7.29. The summed E-state index contributed by atoms with van der Waals surface area (Å²) in [7, 11) is 3.15. The van der Waals surface area contributed by atoms with Gasteiger partial charge in [0.15, 0.2) is 0 Å². The number of nitrogens with zero attached hydrogens (tertiary/aromatic N) is 6. The van der Waals surface area contributed by atoms with E-state index in [-0.39, 0.29) is 11.9 Å². The molecular formula is C19H24N7O2+. The molecular weight excluding hydrogens is 358 g/mol. The molecule has 1 aromatic carbocycles. The van der Waals surface area contributed by atoms with Gasteiger partial charge in [0.05, 0.1) is 5.71 Å². The molecule has 1 N–H and O–H groups in total. The molecule has 0 saturated carbocycles. The van der Waals surface area contributed by atoms with Gasteiger partial charge in [-0.3, -0.25) is 14.6 Å². The van der Waals surface area contributed by atoms with Crippen LogP contribution in [0.1, 0.15) is 12.5 Å². The van der Waals surface area contributed by atoms with Crippen molar-refractivity contribution in [3.8, 4) is 0 Å². The Kier molecular flexibility index (Phi) is 4.37. The van der Waals surface area contributed by atoms with Crippen molar-refractivity contribution in [1.29, 1.82) is 0 Å². The minimum Gasteiger partial charge on any atom is -0.382 e. The number of hydrogen-bond acceptors (Lipinski definition) is 6. The maximum absolute atomic E-state index is 12.7. The van der Waals surface area contributed by atoms with Crippen LogP contribution in [0.2, 0.25) is 0 Å². The molecule has 0 radical (unpaired) electrons. The van der Waals surface area contributed by atoms with Crippen molar-refractivity contribution in [2.24, 2.45) is 10.1 Å². The molecule has 9 heteroatoms. The highest BCUT2D eigenvalue weighted by molar-refractivity contribution is 6.23. The number of guanidine groups is 1. The van der Waals surface area contributed by atoms with Gasteiger partial charge in [0, 0.05) is 26.3 Å². The zero-order valence-electron chi connectivity index (χ0n) is 16.5. The van der Waals surface area contributed by atoms with Gasteiger partial charge in [0.2, 0.25) is 11.9 Å². The zero-order valence-corrected chi connectivity index (χ0v) is 16.5. The third-order valence-electron chi connectivity index (χ3n) is 5.14. The summed E-state index contributed by atoms with van der Waals surface area (Å²) in [5.74, 6) is 0.813. The van der Waals surface area contributed by atoms with Crippen LogP contribution in [-0.2, 0) is 4.79 Å². The van der Waals surface area contributed by atoms with Gasteiger partial charge in [-0.25, -0.2) is 9.37 Å². The molecule has 4 rings (SSSR count). The fourth-order valence-electron chi connectivity index (χ4n) is 3.61. The number of hydrazone groups is 1. The summed E-state index contributed by atoms with van der Waals surface area (Å²) >= 11 is 0.